The molecule has 0 amide bonds. The molecule has 1 atom stereocenters. The Bertz CT molecular complexity index is 304. The zero-order valence-electron chi connectivity index (χ0n) is 9.36. The third-order valence-electron chi connectivity index (χ3n) is 2.14. The van der Waals surface area contributed by atoms with Gasteiger partial charge in [-0.1, -0.05) is 33.1 Å². The van der Waals surface area contributed by atoms with Crippen LogP contribution < -0.4 is 0 Å². The zero-order chi connectivity index (χ0) is 12.6. The number of esters is 2. The maximum atomic E-state index is 11.4. The second-order valence-corrected chi connectivity index (χ2v) is 3.32. The first kappa shape index (κ1) is 14.1. The molecule has 0 aromatic heterocycles. The molecule has 0 aliphatic carbocycles. The molecule has 0 N–H and O–H groups in total. The van der Waals surface area contributed by atoms with Gasteiger partial charge in [0, 0.05) is 0 Å². The summed E-state index contributed by atoms with van der Waals surface area (Å²) in [5.74, 6) is -2.90. The molecule has 86 valence electrons. The molecular weight excluding hydrogens is 208 g/mol. The van der Waals surface area contributed by atoms with Crippen LogP contribution in [0.1, 0.15) is 26.7 Å². The van der Waals surface area contributed by atoms with Crippen LogP contribution in [0.5, 0.6) is 0 Å². The van der Waals surface area contributed by atoms with E-state index in [0.717, 1.165) is 6.42 Å². The van der Waals surface area contributed by atoms with Crippen LogP contribution in [0.4, 0.5) is 0 Å². The molecule has 4 heteroatoms. The van der Waals surface area contributed by atoms with E-state index in [0.29, 0.717) is 6.42 Å². The van der Waals surface area contributed by atoms with Gasteiger partial charge in [0.05, 0.1) is 0 Å². The number of ether oxygens (including phenoxy) is 2. The summed E-state index contributed by atoms with van der Waals surface area (Å²) in [6.45, 7) is 3.68. The summed E-state index contributed by atoms with van der Waals surface area (Å²) in [4.78, 5) is 22.9. The normalized spacial score (nSPS) is 11.1. The topological polar surface area (TPSA) is 52.6 Å². The van der Waals surface area contributed by atoms with Crippen LogP contribution >= 0.6 is 0 Å². The van der Waals surface area contributed by atoms with Crippen molar-refractivity contribution in [3.63, 3.8) is 0 Å². The first-order chi connectivity index (χ1) is 7.58. The van der Waals surface area contributed by atoms with Gasteiger partial charge in [-0.2, -0.15) is 0 Å². The molecule has 0 saturated carbocycles. The van der Waals surface area contributed by atoms with E-state index < -0.39 is 17.9 Å². The minimum Gasteiger partial charge on any atom is -0.372 e. The molecule has 0 heterocycles. The molecule has 1 unspecified atom stereocenters. The molecule has 0 aromatic rings. The smallest absolute Gasteiger partial charge is 0.334 e. The largest absolute Gasteiger partial charge is 0.372 e. The van der Waals surface area contributed by atoms with Crippen LogP contribution in [0.3, 0.4) is 0 Å². The van der Waals surface area contributed by atoms with Crippen molar-refractivity contribution in [3.05, 3.63) is 0 Å². The molecular formula is C12H14O4. The number of hydrogen-bond acceptors (Lipinski definition) is 4. The van der Waals surface area contributed by atoms with E-state index in [1.807, 2.05) is 6.92 Å². The highest BCUT2D eigenvalue weighted by atomic mass is 16.5. The fourth-order valence-electron chi connectivity index (χ4n) is 1.43. The molecule has 0 bridgehead atoms. The molecule has 0 fully saturated rings. The van der Waals surface area contributed by atoms with Gasteiger partial charge in [0.2, 0.25) is 0 Å². The first-order valence-corrected chi connectivity index (χ1v) is 4.91. The van der Waals surface area contributed by atoms with Crippen LogP contribution in [0.25, 0.3) is 0 Å². The van der Waals surface area contributed by atoms with Crippen molar-refractivity contribution in [1.29, 1.82) is 0 Å². The van der Waals surface area contributed by atoms with Crippen molar-refractivity contribution in [2.45, 2.75) is 26.7 Å². The highest BCUT2D eigenvalue weighted by Gasteiger charge is 2.34. The Morgan fingerprint density at radius 1 is 1.19 bits per heavy atom. The lowest BCUT2D eigenvalue weighted by atomic mass is 9.90. The summed E-state index contributed by atoms with van der Waals surface area (Å²) in [5, 5.41) is 0. The summed E-state index contributed by atoms with van der Waals surface area (Å²) in [6.07, 6.45) is 14.6. The quantitative estimate of drug-likeness (QED) is 0.400. The molecule has 0 radical (unpaired) electrons. The van der Waals surface area contributed by atoms with E-state index in [-0.39, 0.29) is 5.92 Å². The van der Waals surface area contributed by atoms with Crippen LogP contribution in [0.15, 0.2) is 0 Å². The Kier molecular flexibility index (Phi) is 6.47. The Labute approximate surface area is 95.3 Å². The number of terminal acetylenes is 2. The predicted octanol–water partition coefficient (Wildman–Crippen LogP) is 1.31. The molecule has 0 spiro atoms. The van der Waals surface area contributed by atoms with Crippen molar-refractivity contribution < 1.29 is 19.1 Å². The highest BCUT2D eigenvalue weighted by Crippen LogP contribution is 2.20. The number of rotatable bonds is 5. The fourth-order valence-corrected chi connectivity index (χ4v) is 1.43. The van der Waals surface area contributed by atoms with Crippen molar-refractivity contribution in [2.75, 3.05) is 0 Å². The molecule has 0 rings (SSSR count). The lowest BCUT2D eigenvalue weighted by Gasteiger charge is -2.17. The van der Waals surface area contributed by atoms with E-state index in [4.69, 9.17) is 12.8 Å². The molecule has 0 aliphatic heterocycles. The second kappa shape index (κ2) is 7.36. The van der Waals surface area contributed by atoms with E-state index in [1.54, 1.807) is 19.1 Å². The highest BCUT2D eigenvalue weighted by molar-refractivity contribution is 5.95. The Morgan fingerprint density at radius 2 is 1.62 bits per heavy atom. The van der Waals surface area contributed by atoms with Gasteiger partial charge in [-0.05, 0) is 12.3 Å². The van der Waals surface area contributed by atoms with Gasteiger partial charge in [-0.3, -0.25) is 0 Å². The molecule has 0 saturated heterocycles. The van der Waals surface area contributed by atoms with Crippen LogP contribution in [-0.2, 0) is 19.1 Å². The van der Waals surface area contributed by atoms with Crippen LogP contribution in [0.2, 0.25) is 0 Å². The van der Waals surface area contributed by atoms with Crippen molar-refractivity contribution in [3.8, 4) is 25.1 Å². The Balaban J connectivity index is 4.77. The standard InChI is InChI=1S/C12H14O4/c1-5-8-9(4)10(11(13)15-6-2)12(14)16-7-3/h2-3,9-10H,5,8H2,1,4H3. The summed E-state index contributed by atoms with van der Waals surface area (Å²) in [5.41, 5.74) is 0. The van der Waals surface area contributed by atoms with E-state index >= 15 is 0 Å². The summed E-state index contributed by atoms with van der Waals surface area (Å²) < 4.78 is 8.72. The maximum Gasteiger partial charge on any atom is 0.334 e. The van der Waals surface area contributed by atoms with Gasteiger partial charge in [0.25, 0.3) is 0 Å². The molecule has 4 nitrogen and oxygen atoms in total. The molecule has 0 aliphatic rings. The number of carbonyl (C=O) groups is 2. The van der Waals surface area contributed by atoms with Gasteiger partial charge in [0.1, 0.15) is 12.2 Å². The summed E-state index contributed by atoms with van der Waals surface area (Å²) >= 11 is 0. The van der Waals surface area contributed by atoms with Gasteiger partial charge in [-0.25, -0.2) is 9.59 Å². The average Bonchev–Trinajstić information content (AvgIpc) is 2.19. The van der Waals surface area contributed by atoms with Gasteiger partial charge in [0.15, 0.2) is 5.92 Å². The molecule has 16 heavy (non-hydrogen) atoms. The van der Waals surface area contributed by atoms with Crippen molar-refractivity contribution in [1.82, 2.24) is 0 Å². The monoisotopic (exact) mass is 222 g/mol. The summed E-state index contributed by atoms with van der Waals surface area (Å²) in [7, 11) is 0. The van der Waals surface area contributed by atoms with E-state index in [1.165, 1.54) is 0 Å². The van der Waals surface area contributed by atoms with E-state index in [9.17, 15) is 9.59 Å². The zero-order valence-corrected chi connectivity index (χ0v) is 9.36. The summed E-state index contributed by atoms with van der Waals surface area (Å²) in [6, 6.07) is 0. The lowest BCUT2D eigenvalue weighted by molar-refractivity contribution is -0.156. The SMILES string of the molecule is C#COC(=O)C(C(=O)OC#C)C(C)CCC. The fraction of sp³-hybridized carbons (Fsp3) is 0.500. The van der Waals surface area contributed by atoms with Gasteiger partial charge < -0.3 is 9.47 Å². The maximum absolute atomic E-state index is 11.4. The first-order valence-electron chi connectivity index (χ1n) is 4.91. The predicted molar refractivity (Wildman–Crippen MR) is 57.4 cm³/mol. The molecule has 0 aromatic carbocycles. The minimum atomic E-state index is -1.06. The van der Waals surface area contributed by atoms with Gasteiger partial charge in [-0.15, -0.1) is 0 Å². The third kappa shape index (κ3) is 4.06. The lowest BCUT2D eigenvalue weighted by Crippen LogP contribution is -2.31. The van der Waals surface area contributed by atoms with Gasteiger partial charge >= 0.3 is 11.9 Å². The van der Waals surface area contributed by atoms with Crippen LogP contribution in [0, 0.1) is 36.9 Å². The minimum absolute atomic E-state index is 0.230. The average molecular weight is 222 g/mol. The second-order valence-electron chi connectivity index (χ2n) is 3.32. The van der Waals surface area contributed by atoms with Crippen molar-refractivity contribution >= 4 is 11.9 Å². The number of carbonyl (C=O) groups excluding carboxylic acids is 2. The third-order valence-corrected chi connectivity index (χ3v) is 2.14. The van der Waals surface area contributed by atoms with E-state index in [2.05, 4.69) is 9.47 Å². The van der Waals surface area contributed by atoms with Crippen LogP contribution in [-0.4, -0.2) is 11.9 Å². The number of hydrogen-bond donors (Lipinski definition) is 0. The Hall–Kier alpha value is -1.94. The van der Waals surface area contributed by atoms with Crippen molar-refractivity contribution in [2.24, 2.45) is 11.8 Å². The Morgan fingerprint density at radius 3 is 1.94 bits per heavy atom.